The third-order valence-electron chi connectivity index (χ3n) is 5.68. The SMILES string of the molecule is CC(C)[C@@H](C)C(=O)NC[C@@H]1CC(=O)N(C)[C@H]1c1cnn(-c2ccc(F)cc2)c1. The van der Waals surface area contributed by atoms with E-state index >= 15 is 0 Å². The van der Waals surface area contributed by atoms with Crippen molar-refractivity contribution in [2.45, 2.75) is 33.2 Å². The minimum Gasteiger partial charge on any atom is -0.355 e. The Kier molecular flexibility index (Phi) is 5.82. The molecule has 150 valence electrons. The fourth-order valence-corrected chi connectivity index (χ4v) is 3.55. The van der Waals surface area contributed by atoms with Crippen LogP contribution >= 0.6 is 0 Å². The Labute approximate surface area is 164 Å². The Morgan fingerprint density at radius 2 is 1.96 bits per heavy atom. The zero-order valence-electron chi connectivity index (χ0n) is 16.7. The molecule has 3 atom stereocenters. The van der Waals surface area contributed by atoms with E-state index in [1.165, 1.54) is 12.1 Å². The highest BCUT2D eigenvalue weighted by Gasteiger charge is 2.39. The highest BCUT2D eigenvalue weighted by molar-refractivity contribution is 5.80. The smallest absolute Gasteiger partial charge is 0.223 e. The van der Waals surface area contributed by atoms with Crippen molar-refractivity contribution in [3.05, 3.63) is 48.0 Å². The van der Waals surface area contributed by atoms with Crippen molar-refractivity contribution < 1.29 is 14.0 Å². The van der Waals surface area contributed by atoms with Gasteiger partial charge in [-0.15, -0.1) is 0 Å². The van der Waals surface area contributed by atoms with Crippen LogP contribution in [0, 0.1) is 23.6 Å². The lowest BCUT2D eigenvalue weighted by Gasteiger charge is -2.25. The van der Waals surface area contributed by atoms with Crippen LogP contribution in [0.4, 0.5) is 4.39 Å². The minimum absolute atomic E-state index is 0.0118. The molecule has 1 aromatic heterocycles. The topological polar surface area (TPSA) is 67.2 Å². The molecule has 3 rings (SSSR count). The molecule has 1 aliphatic rings. The van der Waals surface area contributed by atoms with Gasteiger partial charge < -0.3 is 10.2 Å². The molecule has 6 nitrogen and oxygen atoms in total. The molecule has 1 aliphatic heterocycles. The summed E-state index contributed by atoms with van der Waals surface area (Å²) < 4.78 is 14.8. The van der Waals surface area contributed by atoms with Crippen molar-refractivity contribution in [2.75, 3.05) is 13.6 Å². The number of likely N-dealkylation sites (tertiary alicyclic amines) is 1. The van der Waals surface area contributed by atoms with Crippen LogP contribution in [0.15, 0.2) is 36.7 Å². The van der Waals surface area contributed by atoms with Crippen LogP contribution < -0.4 is 5.32 Å². The maximum absolute atomic E-state index is 13.1. The van der Waals surface area contributed by atoms with E-state index in [2.05, 4.69) is 10.4 Å². The maximum Gasteiger partial charge on any atom is 0.223 e. The summed E-state index contributed by atoms with van der Waals surface area (Å²) >= 11 is 0. The second-order valence-corrected chi connectivity index (χ2v) is 7.89. The van der Waals surface area contributed by atoms with Crippen molar-refractivity contribution in [1.29, 1.82) is 0 Å². The van der Waals surface area contributed by atoms with Crippen LogP contribution in [0.2, 0.25) is 0 Å². The Hall–Kier alpha value is -2.70. The second-order valence-electron chi connectivity index (χ2n) is 7.89. The Morgan fingerprint density at radius 3 is 2.61 bits per heavy atom. The van der Waals surface area contributed by atoms with Crippen LogP contribution in [-0.4, -0.2) is 40.1 Å². The lowest BCUT2D eigenvalue weighted by atomic mass is 9.94. The lowest BCUT2D eigenvalue weighted by molar-refractivity contribution is -0.128. The van der Waals surface area contributed by atoms with Crippen LogP contribution in [-0.2, 0) is 9.59 Å². The summed E-state index contributed by atoms with van der Waals surface area (Å²) in [7, 11) is 1.78. The van der Waals surface area contributed by atoms with Gasteiger partial charge in [0.05, 0.1) is 17.9 Å². The molecular formula is C21H27FN4O2. The number of hydrogen-bond donors (Lipinski definition) is 1. The van der Waals surface area contributed by atoms with Gasteiger partial charge in [-0.25, -0.2) is 9.07 Å². The maximum atomic E-state index is 13.1. The number of rotatable bonds is 6. The zero-order valence-corrected chi connectivity index (χ0v) is 16.7. The third kappa shape index (κ3) is 4.08. The fraction of sp³-hybridized carbons (Fsp3) is 0.476. The number of hydrogen-bond acceptors (Lipinski definition) is 3. The van der Waals surface area contributed by atoms with E-state index in [1.807, 2.05) is 27.0 Å². The molecule has 0 unspecified atom stereocenters. The number of benzene rings is 1. The van der Waals surface area contributed by atoms with E-state index in [1.54, 1.807) is 35.0 Å². The quantitative estimate of drug-likeness (QED) is 0.830. The molecular weight excluding hydrogens is 359 g/mol. The van der Waals surface area contributed by atoms with Gasteiger partial charge in [0.1, 0.15) is 5.82 Å². The number of nitrogens with zero attached hydrogens (tertiary/aromatic N) is 3. The summed E-state index contributed by atoms with van der Waals surface area (Å²) in [5.41, 5.74) is 1.64. The second kappa shape index (κ2) is 8.12. The molecule has 1 aromatic carbocycles. The first-order valence-electron chi connectivity index (χ1n) is 9.61. The first-order chi connectivity index (χ1) is 13.3. The van der Waals surface area contributed by atoms with Gasteiger partial charge in [-0.05, 0) is 30.2 Å². The van der Waals surface area contributed by atoms with E-state index in [9.17, 15) is 14.0 Å². The molecule has 0 aliphatic carbocycles. The molecule has 0 spiro atoms. The summed E-state index contributed by atoms with van der Waals surface area (Å²) in [5, 5.41) is 7.37. The monoisotopic (exact) mass is 386 g/mol. The highest BCUT2D eigenvalue weighted by atomic mass is 19.1. The van der Waals surface area contributed by atoms with E-state index < -0.39 is 0 Å². The molecule has 0 bridgehead atoms. The molecule has 7 heteroatoms. The Balaban J connectivity index is 1.76. The van der Waals surface area contributed by atoms with Crippen molar-refractivity contribution >= 4 is 11.8 Å². The predicted octanol–water partition coefficient (Wildman–Crippen LogP) is 2.94. The largest absolute Gasteiger partial charge is 0.355 e. The average Bonchev–Trinajstić information content (AvgIpc) is 3.24. The standard InChI is InChI=1S/C21H27FN4O2/c1-13(2)14(3)21(28)23-10-15-9-19(27)25(4)20(15)16-11-24-26(12-16)18-7-5-17(22)6-8-18/h5-8,11-15,20H,9-10H2,1-4H3,(H,23,28)/t14-,15+,20-/m1/s1. The Bertz CT molecular complexity index is 846. The average molecular weight is 386 g/mol. The molecule has 1 N–H and O–H groups in total. The number of carbonyl (C=O) groups excluding carboxylic acids is 2. The summed E-state index contributed by atoms with van der Waals surface area (Å²) in [4.78, 5) is 26.3. The zero-order chi connectivity index (χ0) is 20.4. The first kappa shape index (κ1) is 20.0. The van der Waals surface area contributed by atoms with Crippen molar-refractivity contribution in [3.8, 4) is 5.69 Å². The van der Waals surface area contributed by atoms with Crippen molar-refractivity contribution in [2.24, 2.45) is 17.8 Å². The van der Waals surface area contributed by atoms with Gasteiger partial charge in [0.25, 0.3) is 0 Å². The molecule has 2 aromatic rings. The Morgan fingerprint density at radius 1 is 1.29 bits per heavy atom. The van der Waals surface area contributed by atoms with E-state index in [0.717, 1.165) is 11.3 Å². The van der Waals surface area contributed by atoms with Crippen LogP contribution in [0.25, 0.3) is 5.69 Å². The first-order valence-corrected chi connectivity index (χ1v) is 9.61. The van der Waals surface area contributed by atoms with Crippen LogP contribution in [0.1, 0.15) is 38.8 Å². The molecule has 1 fully saturated rings. The summed E-state index contributed by atoms with van der Waals surface area (Å²) in [6, 6.07) is 5.92. The van der Waals surface area contributed by atoms with Gasteiger partial charge in [0.15, 0.2) is 0 Å². The summed E-state index contributed by atoms with van der Waals surface area (Å²) in [6.45, 7) is 6.39. The van der Waals surface area contributed by atoms with Gasteiger partial charge in [0, 0.05) is 43.6 Å². The number of halogens is 1. The van der Waals surface area contributed by atoms with E-state index in [4.69, 9.17) is 0 Å². The predicted molar refractivity (Wildman–Crippen MR) is 104 cm³/mol. The third-order valence-corrected chi connectivity index (χ3v) is 5.68. The summed E-state index contributed by atoms with van der Waals surface area (Å²) in [5.74, 6) is -0.0732. The molecule has 1 saturated heterocycles. The van der Waals surface area contributed by atoms with Gasteiger partial charge in [0.2, 0.25) is 11.8 Å². The molecule has 28 heavy (non-hydrogen) atoms. The fourth-order valence-electron chi connectivity index (χ4n) is 3.55. The molecule has 2 heterocycles. The summed E-state index contributed by atoms with van der Waals surface area (Å²) in [6.07, 6.45) is 3.98. The van der Waals surface area contributed by atoms with Gasteiger partial charge in [-0.2, -0.15) is 5.10 Å². The van der Waals surface area contributed by atoms with Gasteiger partial charge >= 0.3 is 0 Å². The van der Waals surface area contributed by atoms with Gasteiger partial charge in [-0.1, -0.05) is 20.8 Å². The number of nitrogens with one attached hydrogen (secondary N) is 1. The van der Waals surface area contributed by atoms with Crippen LogP contribution in [0.3, 0.4) is 0 Å². The van der Waals surface area contributed by atoms with Gasteiger partial charge in [-0.3, -0.25) is 9.59 Å². The lowest BCUT2D eigenvalue weighted by Crippen LogP contribution is -2.36. The molecule has 2 amide bonds. The normalized spacial score (nSPS) is 20.6. The van der Waals surface area contributed by atoms with E-state index in [0.29, 0.717) is 13.0 Å². The number of aromatic nitrogens is 2. The molecule has 0 radical (unpaired) electrons. The van der Waals surface area contributed by atoms with Crippen LogP contribution in [0.5, 0.6) is 0 Å². The number of amides is 2. The van der Waals surface area contributed by atoms with E-state index in [-0.39, 0.29) is 41.4 Å². The molecule has 0 saturated carbocycles. The minimum atomic E-state index is -0.302. The highest BCUT2D eigenvalue weighted by Crippen LogP contribution is 2.36. The van der Waals surface area contributed by atoms with Crippen molar-refractivity contribution in [1.82, 2.24) is 20.0 Å². The van der Waals surface area contributed by atoms with Crippen molar-refractivity contribution in [3.63, 3.8) is 0 Å². The number of carbonyl (C=O) groups is 2.